The molecule has 0 fully saturated rings. The fourth-order valence-electron chi connectivity index (χ4n) is 2.57. The van der Waals surface area contributed by atoms with Gasteiger partial charge in [0.1, 0.15) is 0 Å². The Labute approximate surface area is 160 Å². The number of nitrogens with one attached hydrogen (secondary N) is 2. The monoisotopic (exact) mass is 381 g/mol. The Kier molecular flexibility index (Phi) is 5.97. The zero-order chi connectivity index (χ0) is 19.2. The van der Waals surface area contributed by atoms with E-state index < -0.39 is 0 Å². The maximum Gasteiger partial charge on any atom is 0.254 e. The summed E-state index contributed by atoms with van der Waals surface area (Å²) in [4.78, 5) is 39.8. The normalized spacial score (nSPS) is 10.6. The number of amides is 1. The van der Waals surface area contributed by atoms with Crippen LogP contribution in [0, 0.1) is 6.92 Å². The highest BCUT2D eigenvalue weighted by Crippen LogP contribution is 2.15. The van der Waals surface area contributed by atoms with E-state index in [1.54, 1.807) is 19.3 Å². The average molecular weight is 381 g/mol. The van der Waals surface area contributed by atoms with Crippen LogP contribution in [-0.4, -0.2) is 32.1 Å². The van der Waals surface area contributed by atoms with Crippen LogP contribution in [0.3, 0.4) is 0 Å². The molecule has 0 aliphatic rings. The van der Waals surface area contributed by atoms with Crippen molar-refractivity contribution in [3.63, 3.8) is 0 Å². The zero-order valence-electron chi connectivity index (χ0n) is 15.0. The number of aryl methyl sites for hydroxylation is 1. The lowest BCUT2D eigenvalue weighted by molar-refractivity contribution is -0.116. The number of carbonyl (C=O) groups excluding carboxylic acids is 1. The summed E-state index contributed by atoms with van der Waals surface area (Å²) in [5.74, 6) is 0.384. The first-order chi connectivity index (χ1) is 13.1. The fraction of sp³-hybridized carbons (Fsp3) is 0.211. The van der Waals surface area contributed by atoms with Crippen LogP contribution >= 0.6 is 11.8 Å². The van der Waals surface area contributed by atoms with Crippen molar-refractivity contribution in [2.24, 2.45) is 0 Å². The molecular weight excluding hydrogens is 362 g/mol. The Bertz CT molecular complexity index is 987. The summed E-state index contributed by atoms with van der Waals surface area (Å²) in [5.41, 5.74) is 2.40. The Morgan fingerprint density at radius 2 is 1.89 bits per heavy atom. The lowest BCUT2D eigenvalue weighted by atomic mass is 10.1. The molecule has 0 atom stereocenters. The minimum absolute atomic E-state index is 0.171. The molecule has 0 saturated heterocycles. The third kappa shape index (κ3) is 4.79. The number of thioether (sulfide) groups is 1. The summed E-state index contributed by atoms with van der Waals surface area (Å²) in [6.45, 7) is 1.78. The summed E-state index contributed by atoms with van der Waals surface area (Å²) >= 11 is 1.37. The highest BCUT2D eigenvalue weighted by molar-refractivity contribution is 7.98. The fourth-order valence-corrected chi connectivity index (χ4v) is 2.99. The molecular formula is C19H19N5O2S. The largest absolute Gasteiger partial charge is 0.323 e. The number of nitrogens with zero attached hydrogens (tertiary/aromatic N) is 3. The molecule has 7 nitrogen and oxygen atoms in total. The van der Waals surface area contributed by atoms with E-state index in [0.29, 0.717) is 34.3 Å². The molecule has 0 radical (unpaired) electrons. The minimum Gasteiger partial charge on any atom is -0.323 e. The first-order valence-corrected chi connectivity index (χ1v) is 9.60. The van der Waals surface area contributed by atoms with Crippen LogP contribution in [0.5, 0.6) is 0 Å². The van der Waals surface area contributed by atoms with Crippen molar-refractivity contribution in [1.29, 1.82) is 0 Å². The van der Waals surface area contributed by atoms with Crippen molar-refractivity contribution in [3.8, 4) is 11.4 Å². The molecule has 2 N–H and O–H groups in total. The lowest BCUT2D eigenvalue weighted by Gasteiger charge is -2.07. The molecule has 3 rings (SSSR count). The van der Waals surface area contributed by atoms with Gasteiger partial charge in [-0.2, -0.15) is 0 Å². The lowest BCUT2D eigenvalue weighted by Crippen LogP contribution is -2.20. The van der Waals surface area contributed by atoms with E-state index >= 15 is 0 Å². The van der Waals surface area contributed by atoms with Crippen LogP contribution in [0.4, 0.5) is 5.69 Å². The number of aromatic amines is 1. The standard InChI is InChI=1S/C19H19N5O2S/c1-12-15(18(26)24-19(22-12)27-2)8-9-16(25)23-14-10-20-17(21-11-14)13-6-4-3-5-7-13/h3-7,10-11H,8-9H2,1-2H3,(H,23,25)(H,22,24,26). The number of anilines is 1. The molecule has 0 spiro atoms. The summed E-state index contributed by atoms with van der Waals surface area (Å²) in [7, 11) is 0. The maximum absolute atomic E-state index is 12.2. The number of rotatable bonds is 6. The van der Waals surface area contributed by atoms with Crippen molar-refractivity contribution in [2.75, 3.05) is 11.6 Å². The Hall–Kier alpha value is -3.00. The van der Waals surface area contributed by atoms with Crippen LogP contribution in [0.1, 0.15) is 17.7 Å². The number of carbonyl (C=O) groups is 1. The minimum atomic E-state index is -0.209. The predicted octanol–water partition coefficient (Wildman–Crippen LogP) is 2.83. The Balaban J connectivity index is 1.61. The van der Waals surface area contributed by atoms with Gasteiger partial charge in [-0.3, -0.25) is 9.59 Å². The van der Waals surface area contributed by atoms with Crippen molar-refractivity contribution in [3.05, 3.63) is 64.3 Å². The van der Waals surface area contributed by atoms with Gasteiger partial charge < -0.3 is 10.3 Å². The van der Waals surface area contributed by atoms with Gasteiger partial charge in [0.15, 0.2) is 11.0 Å². The molecule has 3 aromatic rings. The Morgan fingerprint density at radius 3 is 2.52 bits per heavy atom. The average Bonchev–Trinajstić information content (AvgIpc) is 2.68. The van der Waals surface area contributed by atoms with Gasteiger partial charge in [-0.25, -0.2) is 15.0 Å². The number of H-pyrrole nitrogens is 1. The van der Waals surface area contributed by atoms with E-state index in [2.05, 4.69) is 25.3 Å². The highest BCUT2D eigenvalue weighted by atomic mass is 32.2. The molecule has 0 saturated carbocycles. The summed E-state index contributed by atoms with van der Waals surface area (Å²) in [6.07, 6.45) is 5.47. The highest BCUT2D eigenvalue weighted by Gasteiger charge is 2.11. The first kappa shape index (κ1) is 18.8. The van der Waals surface area contributed by atoms with Gasteiger partial charge in [-0.15, -0.1) is 0 Å². The van der Waals surface area contributed by atoms with Crippen LogP contribution < -0.4 is 10.9 Å². The second-order valence-electron chi connectivity index (χ2n) is 5.85. The van der Waals surface area contributed by atoms with Gasteiger partial charge in [0.25, 0.3) is 5.56 Å². The molecule has 0 unspecified atom stereocenters. The second kappa shape index (κ2) is 8.59. The summed E-state index contributed by atoms with van der Waals surface area (Å²) < 4.78 is 0. The van der Waals surface area contributed by atoms with Gasteiger partial charge in [-0.1, -0.05) is 42.1 Å². The van der Waals surface area contributed by atoms with Gasteiger partial charge in [-0.05, 0) is 19.6 Å². The van der Waals surface area contributed by atoms with Gasteiger partial charge >= 0.3 is 0 Å². The van der Waals surface area contributed by atoms with Gasteiger partial charge in [0.2, 0.25) is 5.91 Å². The maximum atomic E-state index is 12.2. The van der Waals surface area contributed by atoms with Crippen LogP contribution in [-0.2, 0) is 11.2 Å². The number of hydrogen-bond donors (Lipinski definition) is 2. The molecule has 1 amide bonds. The molecule has 27 heavy (non-hydrogen) atoms. The van der Waals surface area contributed by atoms with Gasteiger partial charge in [0.05, 0.1) is 18.1 Å². The summed E-state index contributed by atoms with van der Waals surface area (Å²) in [6, 6.07) is 9.60. The molecule has 138 valence electrons. The second-order valence-corrected chi connectivity index (χ2v) is 6.64. The zero-order valence-corrected chi connectivity index (χ0v) is 15.8. The molecule has 8 heteroatoms. The molecule has 1 aromatic carbocycles. The molecule has 2 aromatic heterocycles. The summed E-state index contributed by atoms with van der Waals surface area (Å²) in [5, 5.41) is 3.32. The van der Waals surface area contributed by atoms with Crippen molar-refractivity contribution in [2.45, 2.75) is 24.9 Å². The van der Waals surface area contributed by atoms with Crippen molar-refractivity contribution < 1.29 is 4.79 Å². The predicted molar refractivity (Wildman–Crippen MR) is 106 cm³/mol. The van der Waals surface area contributed by atoms with Crippen molar-refractivity contribution in [1.82, 2.24) is 19.9 Å². The van der Waals surface area contributed by atoms with Crippen molar-refractivity contribution >= 4 is 23.4 Å². The number of benzene rings is 1. The molecule has 0 aliphatic carbocycles. The smallest absolute Gasteiger partial charge is 0.254 e. The number of hydrogen-bond acceptors (Lipinski definition) is 6. The quantitative estimate of drug-likeness (QED) is 0.503. The van der Waals surface area contributed by atoms with Crippen LogP contribution in [0.25, 0.3) is 11.4 Å². The van der Waals surface area contributed by atoms with E-state index in [1.807, 2.05) is 36.6 Å². The number of aromatic nitrogens is 4. The van der Waals surface area contributed by atoms with E-state index in [4.69, 9.17) is 0 Å². The van der Waals surface area contributed by atoms with Crippen LogP contribution in [0.15, 0.2) is 52.7 Å². The first-order valence-electron chi connectivity index (χ1n) is 8.38. The van der Waals surface area contributed by atoms with E-state index in [1.165, 1.54) is 11.8 Å². The Morgan fingerprint density at radius 1 is 1.19 bits per heavy atom. The molecule has 0 aliphatic heterocycles. The molecule has 2 heterocycles. The van der Waals surface area contributed by atoms with E-state index in [9.17, 15) is 9.59 Å². The third-order valence-electron chi connectivity index (χ3n) is 3.96. The SMILES string of the molecule is CSc1nc(C)c(CCC(=O)Nc2cnc(-c3ccccc3)nc2)c(=O)[nH]1. The topological polar surface area (TPSA) is 101 Å². The van der Waals surface area contributed by atoms with Gasteiger partial charge in [0, 0.05) is 23.2 Å². The van der Waals surface area contributed by atoms with Crippen LogP contribution in [0.2, 0.25) is 0 Å². The van der Waals surface area contributed by atoms with E-state index in [0.717, 1.165) is 5.56 Å². The molecule has 0 bridgehead atoms. The third-order valence-corrected chi connectivity index (χ3v) is 4.54. The van der Waals surface area contributed by atoms with E-state index in [-0.39, 0.29) is 17.9 Å².